The second-order valence-corrected chi connectivity index (χ2v) is 8.61. The quantitative estimate of drug-likeness (QED) is 0.109. The SMILES string of the molecule is CCCCCCCCCCCCCCC(Cl)C(=O)OCCCCCCCC. The second kappa shape index (κ2) is 22.1. The lowest BCUT2D eigenvalue weighted by Crippen LogP contribution is -2.18. The van der Waals surface area contributed by atoms with E-state index in [0.29, 0.717) is 6.61 Å². The van der Waals surface area contributed by atoms with Crippen molar-refractivity contribution < 1.29 is 9.53 Å². The number of carbonyl (C=O) groups excluding carboxylic acids is 1. The van der Waals surface area contributed by atoms with Crippen LogP contribution in [0.1, 0.15) is 136 Å². The number of rotatable bonds is 21. The van der Waals surface area contributed by atoms with E-state index in [1.165, 1.54) is 96.3 Å². The van der Waals surface area contributed by atoms with Gasteiger partial charge in [-0.15, -0.1) is 11.6 Å². The Bertz CT molecular complexity index is 307. The summed E-state index contributed by atoms with van der Waals surface area (Å²) in [5.74, 6) is -0.215. The summed E-state index contributed by atoms with van der Waals surface area (Å²) < 4.78 is 5.30. The van der Waals surface area contributed by atoms with Crippen LogP contribution in [0.15, 0.2) is 0 Å². The van der Waals surface area contributed by atoms with E-state index in [1.807, 2.05) is 0 Å². The molecule has 27 heavy (non-hydrogen) atoms. The van der Waals surface area contributed by atoms with Crippen LogP contribution < -0.4 is 0 Å². The van der Waals surface area contributed by atoms with Gasteiger partial charge in [0.15, 0.2) is 0 Å². The third kappa shape index (κ3) is 20.3. The fourth-order valence-corrected chi connectivity index (χ4v) is 3.65. The van der Waals surface area contributed by atoms with Crippen LogP contribution in [-0.2, 0) is 9.53 Å². The molecule has 0 amide bonds. The Hall–Kier alpha value is -0.240. The van der Waals surface area contributed by atoms with Crippen molar-refractivity contribution in [1.82, 2.24) is 0 Å². The number of ether oxygens (including phenoxy) is 1. The Morgan fingerprint density at radius 2 is 1.00 bits per heavy atom. The summed E-state index contributed by atoms with van der Waals surface area (Å²) in [5.41, 5.74) is 0. The molecular weight excluding hydrogens is 356 g/mol. The maximum atomic E-state index is 11.9. The highest BCUT2D eigenvalue weighted by atomic mass is 35.5. The summed E-state index contributed by atoms with van der Waals surface area (Å²) >= 11 is 6.17. The molecule has 1 unspecified atom stereocenters. The second-order valence-electron chi connectivity index (χ2n) is 8.08. The van der Waals surface area contributed by atoms with Crippen molar-refractivity contribution in [3.63, 3.8) is 0 Å². The zero-order valence-corrected chi connectivity index (χ0v) is 19.2. The molecule has 0 saturated heterocycles. The lowest BCUT2D eigenvalue weighted by Gasteiger charge is -2.10. The molecule has 0 aliphatic carbocycles. The summed E-state index contributed by atoms with van der Waals surface area (Å²) in [4.78, 5) is 11.9. The van der Waals surface area contributed by atoms with Gasteiger partial charge in [-0.3, -0.25) is 4.79 Å². The minimum atomic E-state index is -0.451. The van der Waals surface area contributed by atoms with E-state index in [0.717, 1.165) is 25.7 Å². The van der Waals surface area contributed by atoms with Crippen LogP contribution in [0.25, 0.3) is 0 Å². The standard InChI is InChI=1S/C24H47ClO2/c1-3-5-7-9-11-12-13-14-15-16-17-19-21-23(25)24(26)27-22-20-18-10-8-6-4-2/h23H,3-22H2,1-2H3. The molecule has 0 aromatic heterocycles. The van der Waals surface area contributed by atoms with Gasteiger partial charge in [0.05, 0.1) is 6.61 Å². The van der Waals surface area contributed by atoms with Crippen LogP contribution in [0.2, 0.25) is 0 Å². The first-order valence-electron chi connectivity index (χ1n) is 12.0. The van der Waals surface area contributed by atoms with E-state index < -0.39 is 5.38 Å². The largest absolute Gasteiger partial charge is 0.465 e. The molecule has 0 aliphatic heterocycles. The Kier molecular flexibility index (Phi) is 21.9. The van der Waals surface area contributed by atoms with Crippen molar-refractivity contribution in [2.45, 2.75) is 141 Å². The molecular formula is C24H47ClO2. The average molecular weight is 403 g/mol. The molecule has 3 heteroatoms. The Morgan fingerprint density at radius 1 is 0.630 bits per heavy atom. The van der Waals surface area contributed by atoms with E-state index >= 15 is 0 Å². The van der Waals surface area contributed by atoms with Crippen LogP contribution in [-0.4, -0.2) is 18.0 Å². The molecule has 0 saturated carbocycles. The number of hydrogen-bond donors (Lipinski definition) is 0. The monoisotopic (exact) mass is 402 g/mol. The number of esters is 1. The fourth-order valence-electron chi connectivity index (χ4n) is 3.43. The van der Waals surface area contributed by atoms with Crippen LogP contribution in [0.5, 0.6) is 0 Å². The molecule has 0 radical (unpaired) electrons. The highest BCUT2D eigenvalue weighted by molar-refractivity contribution is 6.29. The molecule has 0 aliphatic rings. The van der Waals surface area contributed by atoms with Crippen molar-refractivity contribution in [1.29, 1.82) is 0 Å². The van der Waals surface area contributed by atoms with Gasteiger partial charge in [0.1, 0.15) is 5.38 Å². The van der Waals surface area contributed by atoms with Crippen LogP contribution in [0.4, 0.5) is 0 Å². The number of alkyl halides is 1. The summed E-state index contributed by atoms with van der Waals surface area (Å²) in [6.45, 7) is 5.03. The van der Waals surface area contributed by atoms with Crippen molar-refractivity contribution >= 4 is 17.6 Å². The molecule has 0 rings (SSSR count). The van der Waals surface area contributed by atoms with E-state index in [-0.39, 0.29) is 5.97 Å². The smallest absolute Gasteiger partial charge is 0.324 e. The normalized spacial score (nSPS) is 12.3. The molecule has 162 valence electrons. The summed E-state index contributed by atoms with van der Waals surface area (Å²) in [6.07, 6.45) is 23.9. The van der Waals surface area contributed by atoms with E-state index in [4.69, 9.17) is 16.3 Å². The number of carbonyl (C=O) groups is 1. The number of hydrogen-bond acceptors (Lipinski definition) is 2. The first-order valence-corrected chi connectivity index (χ1v) is 12.5. The molecule has 0 spiro atoms. The molecule has 0 bridgehead atoms. The maximum Gasteiger partial charge on any atom is 0.324 e. The molecule has 0 fully saturated rings. The van der Waals surface area contributed by atoms with E-state index in [1.54, 1.807) is 0 Å². The van der Waals surface area contributed by atoms with Crippen LogP contribution >= 0.6 is 11.6 Å². The Balaban J connectivity index is 3.30. The van der Waals surface area contributed by atoms with Gasteiger partial charge in [-0.1, -0.05) is 123 Å². The molecule has 0 heterocycles. The predicted octanol–water partition coefficient (Wildman–Crippen LogP) is 8.59. The summed E-state index contributed by atoms with van der Waals surface area (Å²) in [7, 11) is 0. The topological polar surface area (TPSA) is 26.3 Å². The van der Waals surface area contributed by atoms with E-state index in [9.17, 15) is 4.79 Å². The van der Waals surface area contributed by atoms with Crippen molar-refractivity contribution in [3.8, 4) is 0 Å². The third-order valence-corrected chi connectivity index (χ3v) is 5.71. The van der Waals surface area contributed by atoms with Crippen LogP contribution in [0, 0.1) is 0 Å². The number of unbranched alkanes of at least 4 members (excludes halogenated alkanes) is 16. The maximum absolute atomic E-state index is 11.9. The third-order valence-electron chi connectivity index (χ3n) is 5.31. The first-order chi connectivity index (χ1) is 13.2. The minimum Gasteiger partial charge on any atom is -0.465 e. The predicted molar refractivity (Wildman–Crippen MR) is 120 cm³/mol. The van der Waals surface area contributed by atoms with Crippen LogP contribution in [0.3, 0.4) is 0 Å². The van der Waals surface area contributed by atoms with Gasteiger partial charge < -0.3 is 4.74 Å². The Labute approximate surface area is 175 Å². The van der Waals surface area contributed by atoms with Gasteiger partial charge in [0.25, 0.3) is 0 Å². The van der Waals surface area contributed by atoms with E-state index in [2.05, 4.69) is 13.8 Å². The minimum absolute atomic E-state index is 0.215. The van der Waals surface area contributed by atoms with Crippen molar-refractivity contribution in [3.05, 3.63) is 0 Å². The van der Waals surface area contributed by atoms with Gasteiger partial charge in [-0.2, -0.15) is 0 Å². The molecule has 2 nitrogen and oxygen atoms in total. The summed E-state index contributed by atoms with van der Waals surface area (Å²) in [6, 6.07) is 0. The van der Waals surface area contributed by atoms with Gasteiger partial charge in [0, 0.05) is 0 Å². The zero-order valence-electron chi connectivity index (χ0n) is 18.4. The highest BCUT2D eigenvalue weighted by Gasteiger charge is 2.15. The first kappa shape index (κ1) is 26.8. The molecule has 0 aromatic rings. The van der Waals surface area contributed by atoms with Crippen molar-refractivity contribution in [2.24, 2.45) is 0 Å². The zero-order chi connectivity index (χ0) is 20.0. The Morgan fingerprint density at radius 3 is 1.44 bits per heavy atom. The van der Waals surface area contributed by atoms with Gasteiger partial charge >= 0.3 is 5.97 Å². The summed E-state index contributed by atoms with van der Waals surface area (Å²) in [5, 5.41) is -0.451. The van der Waals surface area contributed by atoms with Gasteiger partial charge in [-0.05, 0) is 12.8 Å². The lowest BCUT2D eigenvalue weighted by molar-refractivity contribution is -0.143. The molecule has 1 atom stereocenters. The molecule has 0 N–H and O–H groups in total. The number of halogens is 1. The molecule has 0 aromatic carbocycles. The van der Waals surface area contributed by atoms with Crippen molar-refractivity contribution in [2.75, 3.05) is 6.61 Å². The lowest BCUT2D eigenvalue weighted by atomic mass is 10.0. The van der Waals surface area contributed by atoms with Gasteiger partial charge in [0.2, 0.25) is 0 Å². The fraction of sp³-hybridized carbons (Fsp3) is 0.958. The highest BCUT2D eigenvalue weighted by Crippen LogP contribution is 2.15. The average Bonchev–Trinajstić information content (AvgIpc) is 2.67. The van der Waals surface area contributed by atoms with Gasteiger partial charge in [-0.25, -0.2) is 0 Å².